The Balaban J connectivity index is 1.34. The molecule has 0 unspecified atom stereocenters. The summed E-state index contributed by atoms with van der Waals surface area (Å²) in [5.41, 5.74) is 2.11. The minimum absolute atomic E-state index is 0.626. The van der Waals surface area contributed by atoms with Gasteiger partial charge in [-0.2, -0.15) is 0 Å². The Morgan fingerprint density at radius 2 is 1.93 bits per heavy atom. The van der Waals surface area contributed by atoms with E-state index in [1.807, 2.05) is 36.4 Å². The van der Waals surface area contributed by atoms with Crippen LogP contribution in [0.3, 0.4) is 0 Å². The van der Waals surface area contributed by atoms with Crippen molar-refractivity contribution in [3.63, 3.8) is 0 Å². The lowest BCUT2D eigenvalue weighted by Gasteiger charge is -2.17. The summed E-state index contributed by atoms with van der Waals surface area (Å²) < 4.78 is 7.73. The first-order chi connectivity index (χ1) is 14.8. The van der Waals surface area contributed by atoms with Gasteiger partial charge in [0.25, 0.3) is 0 Å². The second-order valence-corrected chi connectivity index (χ2v) is 9.32. The zero-order chi connectivity index (χ0) is 20.3. The minimum atomic E-state index is 0.626. The van der Waals surface area contributed by atoms with Gasteiger partial charge < -0.3 is 9.32 Å². The van der Waals surface area contributed by atoms with Crippen LogP contribution in [0.4, 0.5) is 5.95 Å². The van der Waals surface area contributed by atoms with Crippen LogP contribution in [0, 0.1) is 0 Å². The fraction of sp³-hybridized carbons (Fsp3) is 0.286. The highest BCUT2D eigenvalue weighted by Crippen LogP contribution is 2.30. The molecule has 0 saturated carbocycles. The number of thioether (sulfide) groups is 1. The molecular weight excluding hydrogens is 438 g/mol. The van der Waals surface area contributed by atoms with E-state index < -0.39 is 0 Å². The van der Waals surface area contributed by atoms with E-state index in [4.69, 9.17) is 21.0 Å². The number of rotatable bonds is 7. The summed E-state index contributed by atoms with van der Waals surface area (Å²) in [5, 5.41) is 13.7. The molecule has 0 radical (unpaired) electrons. The van der Waals surface area contributed by atoms with Gasteiger partial charge in [-0.05, 0) is 37.1 Å². The van der Waals surface area contributed by atoms with Gasteiger partial charge in [-0.3, -0.25) is 4.57 Å². The third-order valence-electron chi connectivity index (χ3n) is 4.97. The van der Waals surface area contributed by atoms with E-state index in [9.17, 15) is 0 Å². The number of furan rings is 1. The average molecular weight is 458 g/mol. The smallest absolute Gasteiger partial charge is 0.228 e. The first-order valence-corrected chi connectivity index (χ1v) is 12.0. The Kier molecular flexibility index (Phi) is 5.79. The molecule has 0 aliphatic carbocycles. The standard InChI is InChI=1S/C21H20ClN5OS2/c22-16-7-5-15(6-8-16)19-23-17(13-29-19)14-30-21-25-24-20(26-9-1-2-10-26)27(21)12-18-4-3-11-28-18/h3-8,11,13H,1-2,9-10,12,14H2. The molecule has 3 aromatic heterocycles. The van der Waals surface area contributed by atoms with Gasteiger partial charge in [0.15, 0.2) is 5.16 Å². The predicted molar refractivity (Wildman–Crippen MR) is 121 cm³/mol. The number of halogens is 1. The molecule has 6 nitrogen and oxygen atoms in total. The molecule has 1 fully saturated rings. The Hall–Kier alpha value is -2.29. The van der Waals surface area contributed by atoms with Crippen LogP contribution in [-0.4, -0.2) is 32.8 Å². The SMILES string of the molecule is Clc1ccc(-c2nc(CSc3nnc(N4CCCC4)n3Cc3ccco3)cs2)cc1. The van der Waals surface area contributed by atoms with Crippen LogP contribution in [0.15, 0.2) is 57.6 Å². The molecule has 154 valence electrons. The topological polar surface area (TPSA) is 60.0 Å². The fourth-order valence-electron chi connectivity index (χ4n) is 3.47. The molecule has 1 saturated heterocycles. The Bertz CT molecular complexity index is 1100. The number of hydrogen-bond acceptors (Lipinski definition) is 7. The monoisotopic (exact) mass is 457 g/mol. The molecule has 0 amide bonds. The maximum absolute atomic E-state index is 5.99. The van der Waals surface area contributed by atoms with Crippen molar-refractivity contribution in [2.45, 2.75) is 30.3 Å². The summed E-state index contributed by atoms with van der Waals surface area (Å²) in [6, 6.07) is 11.7. The van der Waals surface area contributed by atoms with E-state index in [1.165, 1.54) is 12.8 Å². The van der Waals surface area contributed by atoms with E-state index in [0.29, 0.717) is 6.54 Å². The van der Waals surface area contributed by atoms with Gasteiger partial charge in [0.1, 0.15) is 10.8 Å². The molecule has 1 aromatic carbocycles. The van der Waals surface area contributed by atoms with E-state index in [0.717, 1.165) is 57.0 Å². The van der Waals surface area contributed by atoms with Crippen molar-refractivity contribution in [2.24, 2.45) is 0 Å². The second kappa shape index (κ2) is 8.83. The van der Waals surface area contributed by atoms with Crippen LogP contribution in [-0.2, 0) is 12.3 Å². The van der Waals surface area contributed by atoms with Crippen LogP contribution < -0.4 is 4.90 Å². The first kappa shape index (κ1) is 19.7. The van der Waals surface area contributed by atoms with Crippen LogP contribution in [0.5, 0.6) is 0 Å². The van der Waals surface area contributed by atoms with Crippen molar-refractivity contribution in [3.05, 3.63) is 64.5 Å². The molecule has 0 spiro atoms. The summed E-state index contributed by atoms with van der Waals surface area (Å²) in [7, 11) is 0. The highest BCUT2D eigenvalue weighted by atomic mass is 35.5. The minimum Gasteiger partial charge on any atom is -0.467 e. The van der Waals surface area contributed by atoms with Gasteiger partial charge in [-0.1, -0.05) is 35.5 Å². The highest BCUT2D eigenvalue weighted by Gasteiger charge is 2.22. The summed E-state index contributed by atoms with van der Waals surface area (Å²) in [5.74, 6) is 2.56. The largest absolute Gasteiger partial charge is 0.467 e. The van der Waals surface area contributed by atoms with Crippen molar-refractivity contribution in [2.75, 3.05) is 18.0 Å². The van der Waals surface area contributed by atoms with E-state index in [-0.39, 0.29) is 0 Å². The normalized spacial score (nSPS) is 14.0. The summed E-state index contributed by atoms with van der Waals surface area (Å²) in [4.78, 5) is 7.09. The first-order valence-electron chi connectivity index (χ1n) is 9.80. The van der Waals surface area contributed by atoms with Gasteiger partial charge >= 0.3 is 0 Å². The summed E-state index contributed by atoms with van der Waals surface area (Å²) in [6.45, 7) is 2.68. The molecule has 4 heterocycles. The highest BCUT2D eigenvalue weighted by molar-refractivity contribution is 7.98. The molecule has 0 bridgehead atoms. The van der Waals surface area contributed by atoms with Crippen molar-refractivity contribution in [3.8, 4) is 10.6 Å². The fourth-order valence-corrected chi connectivity index (χ4v) is 5.36. The van der Waals surface area contributed by atoms with Gasteiger partial charge in [0, 0.05) is 34.8 Å². The molecule has 4 aromatic rings. The average Bonchev–Trinajstić information content (AvgIpc) is 3.55. The molecule has 1 aliphatic heterocycles. The van der Waals surface area contributed by atoms with Crippen LogP contribution in [0.1, 0.15) is 24.3 Å². The third-order valence-corrected chi connectivity index (χ3v) is 7.16. The number of benzene rings is 1. The molecule has 0 N–H and O–H groups in total. The van der Waals surface area contributed by atoms with Crippen molar-refractivity contribution in [1.82, 2.24) is 19.7 Å². The lowest BCUT2D eigenvalue weighted by molar-refractivity contribution is 0.483. The van der Waals surface area contributed by atoms with Gasteiger partial charge in [0.05, 0.1) is 18.5 Å². The summed E-state index contributed by atoms with van der Waals surface area (Å²) >= 11 is 9.29. The van der Waals surface area contributed by atoms with Crippen LogP contribution in [0.2, 0.25) is 5.02 Å². The molecule has 9 heteroatoms. The Morgan fingerprint density at radius 3 is 2.70 bits per heavy atom. The van der Waals surface area contributed by atoms with Gasteiger partial charge in [-0.15, -0.1) is 21.5 Å². The summed E-state index contributed by atoms with van der Waals surface area (Å²) in [6.07, 6.45) is 4.10. The lowest BCUT2D eigenvalue weighted by Crippen LogP contribution is -2.22. The van der Waals surface area contributed by atoms with Gasteiger partial charge in [-0.25, -0.2) is 4.98 Å². The lowest BCUT2D eigenvalue weighted by atomic mass is 10.2. The van der Waals surface area contributed by atoms with Crippen molar-refractivity contribution in [1.29, 1.82) is 0 Å². The Labute approximate surface area is 187 Å². The number of nitrogens with zero attached hydrogens (tertiary/aromatic N) is 5. The quantitative estimate of drug-likeness (QED) is 0.337. The van der Waals surface area contributed by atoms with Crippen LogP contribution >= 0.6 is 34.7 Å². The second-order valence-electron chi connectivity index (χ2n) is 7.08. The number of thiazole rings is 1. The van der Waals surface area contributed by atoms with E-state index in [2.05, 4.69) is 25.0 Å². The predicted octanol–water partition coefficient (Wildman–Crippen LogP) is 5.59. The number of hydrogen-bond donors (Lipinski definition) is 0. The number of aromatic nitrogens is 4. The van der Waals surface area contributed by atoms with Gasteiger partial charge in [0.2, 0.25) is 5.95 Å². The molecule has 0 atom stereocenters. The molecular formula is C21H20ClN5OS2. The zero-order valence-corrected chi connectivity index (χ0v) is 18.6. The van der Waals surface area contributed by atoms with E-state index >= 15 is 0 Å². The van der Waals surface area contributed by atoms with Crippen molar-refractivity contribution < 1.29 is 4.42 Å². The third kappa shape index (κ3) is 4.26. The number of anilines is 1. The maximum atomic E-state index is 5.99. The molecule has 5 rings (SSSR count). The van der Waals surface area contributed by atoms with E-state index in [1.54, 1.807) is 29.4 Å². The zero-order valence-electron chi connectivity index (χ0n) is 16.2. The molecule has 1 aliphatic rings. The maximum Gasteiger partial charge on any atom is 0.228 e. The van der Waals surface area contributed by atoms with Crippen LogP contribution in [0.25, 0.3) is 10.6 Å². The Morgan fingerprint density at radius 1 is 1.10 bits per heavy atom. The van der Waals surface area contributed by atoms with Crippen molar-refractivity contribution >= 4 is 40.6 Å². The molecule has 30 heavy (non-hydrogen) atoms.